The molecule has 1 rings (SSSR count). The van der Waals surface area contributed by atoms with Crippen molar-refractivity contribution in [1.29, 1.82) is 0 Å². The van der Waals surface area contributed by atoms with Gasteiger partial charge in [-0.25, -0.2) is 9.78 Å². The van der Waals surface area contributed by atoms with E-state index in [1.807, 2.05) is 0 Å². The Labute approximate surface area is 102 Å². The summed E-state index contributed by atoms with van der Waals surface area (Å²) < 4.78 is 4.48. The van der Waals surface area contributed by atoms with E-state index in [-0.39, 0.29) is 18.0 Å². The third-order valence-electron chi connectivity index (χ3n) is 1.88. The lowest BCUT2D eigenvalue weighted by Crippen LogP contribution is -2.05. The summed E-state index contributed by atoms with van der Waals surface area (Å²) in [6.07, 6.45) is 1.58. The van der Waals surface area contributed by atoms with Crippen molar-refractivity contribution in [2.45, 2.75) is 11.4 Å². The molecule has 17 heavy (non-hydrogen) atoms. The molecule has 0 saturated carbocycles. The number of nitrogens with two attached hydrogens (primary N) is 1. The average Bonchev–Trinajstić information content (AvgIpc) is 2.30. The lowest BCUT2D eigenvalue weighted by molar-refractivity contribution is -0.140. The van der Waals surface area contributed by atoms with Gasteiger partial charge in [0.05, 0.1) is 31.0 Å². The molecule has 0 aliphatic heterocycles. The van der Waals surface area contributed by atoms with Gasteiger partial charge in [-0.15, -0.1) is 11.8 Å². The van der Waals surface area contributed by atoms with E-state index in [4.69, 9.17) is 10.8 Å². The topological polar surface area (TPSA) is 103 Å². The minimum Gasteiger partial charge on any atom is -0.478 e. The Morgan fingerprint density at radius 3 is 2.88 bits per heavy atom. The number of hydrogen-bond acceptors (Lipinski definition) is 6. The first-order chi connectivity index (χ1) is 8.04. The fourth-order valence-corrected chi connectivity index (χ4v) is 1.96. The Morgan fingerprint density at radius 2 is 2.29 bits per heavy atom. The number of thioether (sulfide) groups is 1. The van der Waals surface area contributed by atoms with Gasteiger partial charge < -0.3 is 15.6 Å². The van der Waals surface area contributed by atoms with Gasteiger partial charge in [-0.2, -0.15) is 0 Å². The van der Waals surface area contributed by atoms with E-state index in [1.54, 1.807) is 0 Å². The number of anilines is 1. The number of hydrogen-bond donors (Lipinski definition) is 2. The van der Waals surface area contributed by atoms with Crippen molar-refractivity contribution in [3.63, 3.8) is 0 Å². The minimum absolute atomic E-state index is 0.0415. The van der Waals surface area contributed by atoms with Gasteiger partial charge in [0.2, 0.25) is 0 Å². The second kappa shape index (κ2) is 6.09. The van der Waals surface area contributed by atoms with Crippen molar-refractivity contribution in [3.8, 4) is 0 Å². The predicted molar refractivity (Wildman–Crippen MR) is 63.0 cm³/mol. The fraction of sp³-hybridized carbons (Fsp3) is 0.300. The van der Waals surface area contributed by atoms with Gasteiger partial charge in [0, 0.05) is 5.75 Å². The largest absolute Gasteiger partial charge is 0.478 e. The number of pyridine rings is 1. The number of carbonyl (C=O) groups excluding carboxylic acids is 1. The standard InChI is InChI=1S/C10H12N2O4S/c1-16-8(13)2-3-17-9-7(10(14)15)4-6(11)5-12-9/h4-5H,2-3,11H2,1H3,(H,14,15). The molecule has 0 spiro atoms. The van der Waals surface area contributed by atoms with E-state index in [0.29, 0.717) is 16.5 Å². The van der Waals surface area contributed by atoms with Gasteiger partial charge in [0.1, 0.15) is 5.03 Å². The van der Waals surface area contributed by atoms with Crippen molar-refractivity contribution in [2.75, 3.05) is 18.6 Å². The van der Waals surface area contributed by atoms with Gasteiger partial charge in [-0.05, 0) is 6.07 Å². The molecule has 7 heteroatoms. The van der Waals surface area contributed by atoms with Gasteiger partial charge in [-0.1, -0.05) is 0 Å². The molecular formula is C10H12N2O4S. The highest BCUT2D eigenvalue weighted by atomic mass is 32.2. The maximum atomic E-state index is 10.9. The molecule has 0 radical (unpaired) electrons. The highest BCUT2D eigenvalue weighted by molar-refractivity contribution is 7.99. The van der Waals surface area contributed by atoms with Crippen LogP contribution in [-0.4, -0.2) is 34.9 Å². The van der Waals surface area contributed by atoms with Crippen LogP contribution in [0.5, 0.6) is 0 Å². The average molecular weight is 256 g/mol. The summed E-state index contributed by atoms with van der Waals surface area (Å²) >= 11 is 1.18. The van der Waals surface area contributed by atoms with E-state index in [2.05, 4.69) is 9.72 Å². The van der Waals surface area contributed by atoms with Crippen LogP contribution < -0.4 is 5.73 Å². The van der Waals surface area contributed by atoms with Crippen LogP contribution in [0, 0.1) is 0 Å². The van der Waals surface area contributed by atoms with Gasteiger partial charge in [0.15, 0.2) is 0 Å². The second-order valence-electron chi connectivity index (χ2n) is 3.10. The van der Waals surface area contributed by atoms with Crippen LogP contribution in [-0.2, 0) is 9.53 Å². The number of methoxy groups -OCH3 is 1. The summed E-state index contributed by atoms with van der Waals surface area (Å²) in [5.74, 6) is -1.03. The van der Waals surface area contributed by atoms with E-state index in [1.165, 1.54) is 31.1 Å². The van der Waals surface area contributed by atoms with Crippen LogP contribution in [0.1, 0.15) is 16.8 Å². The van der Waals surface area contributed by atoms with Crippen molar-refractivity contribution < 1.29 is 19.4 Å². The van der Waals surface area contributed by atoms with E-state index in [9.17, 15) is 9.59 Å². The highest BCUT2D eigenvalue weighted by Crippen LogP contribution is 2.22. The van der Waals surface area contributed by atoms with Crippen LogP contribution in [0.15, 0.2) is 17.3 Å². The Morgan fingerprint density at radius 1 is 1.59 bits per heavy atom. The lowest BCUT2D eigenvalue weighted by atomic mass is 10.3. The molecule has 1 aromatic heterocycles. The first-order valence-corrected chi connectivity index (χ1v) is 5.71. The fourth-order valence-electron chi connectivity index (χ4n) is 1.07. The summed E-state index contributed by atoms with van der Waals surface area (Å²) in [5.41, 5.74) is 5.79. The summed E-state index contributed by atoms with van der Waals surface area (Å²) in [4.78, 5) is 25.7. The van der Waals surface area contributed by atoms with Crippen LogP contribution in [0.2, 0.25) is 0 Å². The maximum Gasteiger partial charge on any atom is 0.338 e. The summed E-state index contributed by atoms with van der Waals surface area (Å²) in [6.45, 7) is 0. The predicted octanol–water partition coefficient (Wildman–Crippen LogP) is 1.02. The molecule has 0 unspecified atom stereocenters. The summed E-state index contributed by atoms with van der Waals surface area (Å²) in [7, 11) is 1.30. The third kappa shape index (κ3) is 3.95. The first kappa shape index (κ1) is 13.3. The molecule has 0 bridgehead atoms. The molecule has 0 aromatic carbocycles. The number of nitrogen functional groups attached to an aromatic ring is 1. The van der Waals surface area contributed by atoms with E-state index >= 15 is 0 Å². The SMILES string of the molecule is COC(=O)CCSc1ncc(N)cc1C(=O)O. The molecule has 1 aromatic rings. The van der Waals surface area contributed by atoms with Gasteiger partial charge >= 0.3 is 11.9 Å². The van der Waals surface area contributed by atoms with Crippen molar-refractivity contribution >= 4 is 29.4 Å². The van der Waals surface area contributed by atoms with Crippen molar-refractivity contribution in [2.24, 2.45) is 0 Å². The third-order valence-corrected chi connectivity index (χ3v) is 2.88. The number of ether oxygens (including phenoxy) is 1. The van der Waals surface area contributed by atoms with Crippen LogP contribution in [0.25, 0.3) is 0 Å². The number of esters is 1. The molecule has 92 valence electrons. The van der Waals surface area contributed by atoms with Gasteiger partial charge in [0.25, 0.3) is 0 Å². The van der Waals surface area contributed by atoms with Gasteiger partial charge in [-0.3, -0.25) is 4.79 Å². The second-order valence-corrected chi connectivity index (χ2v) is 4.18. The minimum atomic E-state index is -1.09. The zero-order chi connectivity index (χ0) is 12.8. The molecule has 3 N–H and O–H groups in total. The smallest absolute Gasteiger partial charge is 0.338 e. The highest BCUT2D eigenvalue weighted by Gasteiger charge is 2.13. The quantitative estimate of drug-likeness (QED) is 0.598. The van der Waals surface area contributed by atoms with Crippen molar-refractivity contribution in [3.05, 3.63) is 17.8 Å². The lowest BCUT2D eigenvalue weighted by Gasteiger charge is -2.05. The molecule has 1 heterocycles. The molecule has 0 saturated heterocycles. The molecule has 0 aliphatic rings. The Bertz CT molecular complexity index is 436. The zero-order valence-electron chi connectivity index (χ0n) is 9.17. The molecule has 0 fully saturated rings. The summed E-state index contributed by atoms with van der Waals surface area (Å²) in [5, 5.41) is 9.29. The number of carboxylic acid groups (broad SMARTS) is 1. The molecular weight excluding hydrogens is 244 g/mol. The normalized spacial score (nSPS) is 9.94. The number of aromatic nitrogens is 1. The zero-order valence-corrected chi connectivity index (χ0v) is 9.99. The number of carbonyl (C=O) groups is 2. The Balaban J connectivity index is 2.70. The summed E-state index contributed by atoms with van der Waals surface area (Å²) in [6, 6.07) is 1.34. The molecule has 0 atom stereocenters. The number of nitrogens with zero attached hydrogens (tertiary/aromatic N) is 1. The monoisotopic (exact) mass is 256 g/mol. The van der Waals surface area contributed by atoms with Crippen LogP contribution in [0.3, 0.4) is 0 Å². The number of carboxylic acids is 1. The van der Waals surface area contributed by atoms with Crippen molar-refractivity contribution in [1.82, 2.24) is 4.98 Å². The molecule has 0 aliphatic carbocycles. The number of aromatic carboxylic acids is 1. The van der Waals surface area contributed by atoms with E-state index < -0.39 is 5.97 Å². The van der Waals surface area contributed by atoms with Crippen LogP contribution >= 0.6 is 11.8 Å². The maximum absolute atomic E-state index is 10.9. The Hall–Kier alpha value is -1.76. The Kier molecular flexibility index (Phi) is 4.77. The molecule has 6 nitrogen and oxygen atoms in total. The van der Waals surface area contributed by atoms with E-state index in [0.717, 1.165) is 0 Å². The molecule has 0 amide bonds. The first-order valence-electron chi connectivity index (χ1n) is 4.73. The van der Waals surface area contributed by atoms with Crippen LogP contribution in [0.4, 0.5) is 5.69 Å². The number of rotatable bonds is 5.